The number of aliphatic carboxylic acids is 1. The van der Waals surface area contributed by atoms with E-state index in [9.17, 15) is 9.59 Å². The van der Waals surface area contributed by atoms with Crippen LogP contribution in [0.2, 0.25) is 0 Å². The van der Waals surface area contributed by atoms with Gasteiger partial charge in [0.25, 0.3) is 0 Å². The van der Waals surface area contributed by atoms with E-state index >= 15 is 0 Å². The van der Waals surface area contributed by atoms with Crippen LogP contribution in [-0.2, 0) is 9.59 Å². The Morgan fingerprint density at radius 1 is 1.79 bits per heavy atom. The van der Waals surface area contributed by atoms with Crippen LogP contribution in [0.15, 0.2) is 11.6 Å². The van der Waals surface area contributed by atoms with Gasteiger partial charge < -0.3 is 15.2 Å². The summed E-state index contributed by atoms with van der Waals surface area (Å²) < 4.78 is 0. The normalized spacial score (nSPS) is 12.0. The van der Waals surface area contributed by atoms with Crippen molar-refractivity contribution < 1.29 is 14.7 Å². The molecule has 0 aliphatic heterocycles. The average molecular weight is 214 g/mol. The number of carboxylic acid groups (broad SMARTS) is 1. The molecule has 1 heterocycles. The van der Waals surface area contributed by atoms with Gasteiger partial charge in [-0.15, -0.1) is 11.3 Å². The lowest BCUT2D eigenvalue weighted by Crippen LogP contribution is -2.18. The maximum atomic E-state index is 10.5. The lowest BCUT2D eigenvalue weighted by molar-refractivity contribution is -0.139. The van der Waals surface area contributed by atoms with Crippen LogP contribution in [0, 0.1) is 5.92 Å². The highest BCUT2D eigenvalue weighted by Gasteiger charge is 2.11. The Morgan fingerprint density at radius 3 is 3.07 bits per heavy atom. The summed E-state index contributed by atoms with van der Waals surface area (Å²) in [5.41, 5.74) is 0. The number of nitrogens with one attached hydrogen (secondary N) is 1. The monoisotopic (exact) mass is 214 g/mol. The van der Waals surface area contributed by atoms with Crippen molar-refractivity contribution >= 4 is 28.7 Å². The van der Waals surface area contributed by atoms with E-state index in [1.807, 2.05) is 0 Å². The van der Waals surface area contributed by atoms with E-state index in [4.69, 9.17) is 5.11 Å². The molecule has 0 spiro atoms. The zero-order chi connectivity index (χ0) is 10.4. The highest BCUT2D eigenvalue weighted by molar-refractivity contribution is 7.13. The van der Waals surface area contributed by atoms with Crippen LogP contribution in [0.3, 0.4) is 0 Å². The van der Waals surface area contributed by atoms with E-state index in [2.05, 4.69) is 10.3 Å². The van der Waals surface area contributed by atoms with Gasteiger partial charge in [0.1, 0.15) is 6.29 Å². The van der Waals surface area contributed by atoms with Crippen molar-refractivity contribution in [3.05, 3.63) is 11.6 Å². The predicted octanol–water partition coefficient (Wildman–Crippen LogP) is 0.845. The molecule has 5 nitrogen and oxygen atoms in total. The van der Waals surface area contributed by atoms with Crippen LogP contribution in [0.1, 0.15) is 6.42 Å². The first-order chi connectivity index (χ1) is 6.72. The number of anilines is 1. The lowest BCUT2D eigenvalue weighted by atomic mass is 10.1. The fourth-order valence-corrected chi connectivity index (χ4v) is 1.46. The number of aromatic nitrogens is 1. The summed E-state index contributed by atoms with van der Waals surface area (Å²) in [4.78, 5) is 24.8. The third-order valence-corrected chi connectivity index (χ3v) is 2.31. The molecule has 1 atom stereocenters. The molecule has 76 valence electrons. The van der Waals surface area contributed by atoms with Crippen molar-refractivity contribution in [2.45, 2.75) is 6.42 Å². The molecule has 0 fully saturated rings. The van der Waals surface area contributed by atoms with Crippen molar-refractivity contribution in [3.8, 4) is 0 Å². The van der Waals surface area contributed by atoms with Crippen molar-refractivity contribution in [2.75, 3.05) is 11.9 Å². The first-order valence-corrected chi connectivity index (χ1v) is 4.90. The summed E-state index contributed by atoms with van der Waals surface area (Å²) in [7, 11) is 0. The molecule has 1 aromatic heterocycles. The smallest absolute Gasteiger partial charge is 0.304 e. The van der Waals surface area contributed by atoms with Gasteiger partial charge in [-0.05, 0) is 0 Å². The molecule has 0 radical (unpaired) electrons. The van der Waals surface area contributed by atoms with Crippen LogP contribution >= 0.6 is 11.3 Å². The largest absolute Gasteiger partial charge is 0.481 e. The van der Waals surface area contributed by atoms with Crippen LogP contribution in [0.25, 0.3) is 0 Å². The molecule has 0 aromatic carbocycles. The molecule has 0 aliphatic rings. The fraction of sp³-hybridized carbons (Fsp3) is 0.375. The number of thiazole rings is 1. The van der Waals surface area contributed by atoms with Crippen LogP contribution in [-0.4, -0.2) is 28.9 Å². The van der Waals surface area contributed by atoms with Gasteiger partial charge in [-0.1, -0.05) is 0 Å². The van der Waals surface area contributed by atoms with Crippen molar-refractivity contribution in [2.24, 2.45) is 5.92 Å². The first-order valence-electron chi connectivity index (χ1n) is 4.03. The zero-order valence-electron chi connectivity index (χ0n) is 7.34. The standard InChI is InChI=1S/C8H10N2O3S/c11-5-6(3-7(12)13)4-10-8-9-1-2-14-8/h1-2,5-6H,3-4H2,(H,9,10)(H,12,13). The summed E-state index contributed by atoms with van der Waals surface area (Å²) in [5.74, 6) is -1.47. The van der Waals surface area contributed by atoms with Gasteiger partial charge in [0, 0.05) is 24.0 Å². The zero-order valence-corrected chi connectivity index (χ0v) is 8.16. The lowest BCUT2D eigenvalue weighted by Gasteiger charge is -2.07. The van der Waals surface area contributed by atoms with E-state index in [1.54, 1.807) is 11.6 Å². The topological polar surface area (TPSA) is 79.3 Å². The maximum Gasteiger partial charge on any atom is 0.304 e. The molecule has 0 amide bonds. The number of carboxylic acids is 1. The first kappa shape index (κ1) is 10.6. The van der Waals surface area contributed by atoms with E-state index in [0.717, 1.165) is 0 Å². The average Bonchev–Trinajstić information content (AvgIpc) is 2.64. The number of hydrogen-bond donors (Lipinski definition) is 2. The molecule has 2 N–H and O–H groups in total. The highest BCUT2D eigenvalue weighted by Crippen LogP contribution is 2.11. The minimum absolute atomic E-state index is 0.151. The summed E-state index contributed by atoms with van der Waals surface area (Å²) >= 11 is 1.41. The third-order valence-electron chi connectivity index (χ3n) is 1.58. The molecule has 0 saturated heterocycles. The Morgan fingerprint density at radius 2 is 2.57 bits per heavy atom. The van der Waals surface area contributed by atoms with Gasteiger partial charge >= 0.3 is 5.97 Å². The van der Waals surface area contributed by atoms with E-state index < -0.39 is 11.9 Å². The van der Waals surface area contributed by atoms with Crippen LogP contribution in [0.4, 0.5) is 5.13 Å². The molecule has 1 rings (SSSR count). The van der Waals surface area contributed by atoms with Gasteiger partial charge in [-0.25, -0.2) is 4.98 Å². The second kappa shape index (κ2) is 5.33. The van der Waals surface area contributed by atoms with E-state index in [-0.39, 0.29) is 6.42 Å². The summed E-state index contributed by atoms with van der Waals surface area (Å²) in [5, 5.41) is 13.9. The molecule has 0 aliphatic carbocycles. The number of carbonyl (C=O) groups excluding carboxylic acids is 1. The van der Waals surface area contributed by atoms with Gasteiger partial charge in [0.2, 0.25) is 0 Å². The molecule has 0 bridgehead atoms. The summed E-state index contributed by atoms with van der Waals surface area (Å²) in [6, 6.07) is 0. The molecular formula is C8H10N2O3S. The SMILES string of the molecule is O=CC(CNc1nccs1)CC(=O)O. The van der Waals surface area contributed by atoms with Gasteiger partial charge in [0.15, 0.2) is 5.13 Å². The Bertz CT molecular complexity index is 300. The van der Waals surface area contributed by atoms with E-state index in [1.165, 1.54) is 11.3 Å². The van der Waals surface area contributed by atoms with Crippen molar-refractivity contribution in [1.29, 1.82) is 0 Å². The Kier molecular flexibility index (Phi) is 4.06. The Hall–Kier alpha value is -1.43. The third kappa shape index (κ3) is 3.53. The van der Waals surface area contributed by atoms with Crippen molar-refractivity contribution in [1.82, 2.24) is 4.98 Å². The molecule has 1 aromatic rings. The highest BCUT2D eigenvalue weighted by atomic mass is 32.1. The minimum Gasteiger partial charge on any atom is -0.481 e. The number of rotatable bonds is 6. The van der Waals surface area contributed by atoms with Crippen LogP contribution < -0.4 is 5.32 Å². The van der Waals surface area contributed by atoms with Gasteiger partial charge in [-0.2, -0.15) is 0 Å². The van der Waals surface area contributed by atoms with Crippen molar-refractivity contribution in [3.63, 3.8) is 0 Å². The maximum absolute atomic E-state index is 10.5. The van der Waals surface area contributed by atoms with Gasteiger partial charge in [0.05, 0.1) is 6.42 Å². The molecule has 0 saturated carbocycles. The Labute approximate surface area is 84.8 Å². The molecule has 14 heavy (non-hydrogen) atoms. The second-order valence-corrected chi connectivity index (χ2v) is 3.61. The molecule has 1 unspecified atom stereocenters. The van der Waals surface area contributed by atoms with Gasteiger partial charge in [-0.3, -0.25) is 4.79 Å². The number of nitrogens with zero attached hydrogens (tertiary/aromatic N) is 1. The minimum atomic E-state index is -0.969. The number of carbonyl (C=O) groups is 2. The number of hydrogen-bond acceptors (Lipinski definition) is 5. The number of aldehydes is 1. The van der Waals surface area contributed by atoms with Crippen LogP contribution in [0.5, 0.6) is 0 Å². The molecule has 6 heteroatoms. The predicted molar refractivity (Wildman–Crippen MR) is 52.4 cm³/mol. The fourth-order valence-electron chi connectivity index (χ4n) is 0.922. The second-order valence-electron chi connectivity index (χ2n) is 2.71. The summed E-state index contributed by atoms with van der Waals surface area (Å²) in [6.07, 6.45) is 2.14. The van der Waals surface area contributed by atoms with E-state index in [0.29, 0.717) is 18.0 Å². The summed E-state index contributed by atoms with van der Waals surface area (Å²) in [6.45, 7) is 0.309. The Balaban J connectivity index is 2.34. The molecular weight excluding hydrogens is 204 g/mol. The quantitative estimate of drug-likeness (QED) is 0.686.